The third-order valence-electron chi connectivity index (χ3n) is 2.63. The Labute approximate surface area is 83.6 Å². The minimum atomic E-state index is -0.0793. The lowest BCUT2D eigenvalue weighted by Gasteiger charge is -2.24. The summed E-state index contributed by atoms with van der Waals surface area (Å²) >= 11 is 0. The Morgan fingerprint density at radius 3 is 3.00 bits per heavy atom. The molecule has 2 heterocycles. The second-order valence-corrected chi connectivity index (χ2v) is 3.78. The second-order valence-electron chi connectivity index (χ2n) is 3.78. The molecule has 14 heavy (non-hydrogen) atoms. The van der Waals surface area contributed by atoms with E-state index in [2.05, 4.69) is 16.0 Å². The molecule has 0 saturated carbocycles. The van der Waals surface area contributed by atoms with Crippen LogP contribution < -0.4 is 16.0 Å². The van der Waals surface area contributed by atoms with E-state index < -0.39 is 0 Å². The number of ether oxygens (including phenoxy) is 1. The molecule has 80 valence electrons. The van der Waals surface area contributed by atoms with Crippen molar-refractivity contribution >= 4 is 5.91 Å². The van der Waals surface area contributed by atoms with Crippen LogP contribution in [-0.2, 0) is 9.53 Å². The largest absolute Gasteiger partial charge is 0.379 e. The summed E-state index contributed by atoms with van der Waals surface area (Å²) in [6.45, 7) is 3.95. The standard InChI is InChI=1S/C9H17N3O2/c13-9(8-5-10-2-3-11-8)12-7-1-4-14-6-7/h7-8,10-11H,1-6H2,(H,12,13). The second kappa shape index (κ2) is 4.72. The molecule has 0 aromatic heterocycles. The summed E-state index contributed by atoms with van der Waals surface area (Å²) < 4.78 is 5.19. The highest BCUT2D eigenvalue weighted by molar-refractivity contribution is 5.82. The summed E-state index contributed by atoms with van der Waals surface area (Å²) in [6.07, 6.45) is 0.936. The van der Waals surface area contributed by atoms with Crippen molar-refractivity contribution in [3.8, 4) is 0 Å². The zero-order valence-electron chi connectivity index (χ0n) is 8.21. The van der Waals surface area contributed by atoms with Crippen LogP contribution in [0.3, 0.4) is 0 Å². The minimum absolute atomic E-state index is 0.0793. The first-order chi connectivity index (χ1) is 6.86. The lowest BCUT2D eigenvalue weighted by Crippen LogP contribution is -2.57. The summed E-state index contributed by atoms with van der Waals surface area (Å²) in [7, 11) is 0. The van der Waals surface area contributed by atoms with Crippen LogP contribution in [0.2, 0.25) is 0 Å². The average Bonchev–Trinajstić information content (AvgIpc) is 2.72. The van der Waals surface area contributed by atoms with Crippen molar-refractivity contribution in [1.29, 1.82) is 0 Å². The highest BCUT2D eigenvalue weighted by Gasteiger charge is 2.24. The molecule has 0 aliphatic carbocycles. The molecule has 2 rings (SSSR count). The van der Waals surface area contributed by atoms with Crippen molar-refractivity contribution in [2.45, 2.75) is 18.5 Å². The molecule has 2 saturated heterocycles. The minimum Gasteiger partial charge on any atom is -0.379 e. The molecule has 0 aromatic carbocycles. The van der Waals surface area contributed by atoms with Gasteiger partial charge in [-0.3, -0.25) is 4.79 Å². The van der Waals surface area contributed by atoms with Gasteiger partial charge in [0.05, 0.1) is 18.7 Å². The molecule has 0 aromatic rings. The van der Waals surface area contributed by atoms with E-state index in [0.717, 1.165) is 32.7 Å². The number of carbonyl (C=O) groups is 1. The fourth-order valence-electron chi connectivity index (χ4n) is 1.79. The molecule has 2 atom stereocenters. The van der Waals surface area contributed by atoms with Crippen molar-refractivity contribution in [3.63, 3.8) is 0 Å². The van der Waals surface area contributed by atoms with Crippen LogP contribution in [0.25, 0.3) is 0 Å². The molecular formula is C9H17N3O2. The number of amides is 1. The van der Waals surface area contributed by atoms with Crippen LogP contribution in [0, 0.1) is 0 Å². The number of piperazine rings is 1. The van der Waals surface area contributed by atoms with Crippen LogP contribution in [0.15, 0.2) is 0 Å². The first-order valence-electron chi connectivity index (χ1n) is 5.18. The number of nitrogens with one attached hydrogen (secondary N) is 3. The van der Waals surface area contributed by atoms with Gasteiger partial charge in [-0.1, -0.05) is 0 Å². The Morgan fingerprint density at radius 2 is 2.36 bits per heavy atom. The molecule has 3 N–H and O–H groups in total. The molecular weight excluding hydrogens is 182 g/mol. The molecule has 5 heteroatoms. The van der Waals surface area contributed by atoms with Gasteiger partial charge in [0, 0.05) is 26.2 Å². The van der Waals surface area contributed by atoms with Crippen molar-refractivity contribution < 1.29 is 9.53 Å². The van der Waals surface area contributed by atoms with Crippen molar-refractivity contribution in [2.24, 2.45) is 0 Å². The van der Waals surface area contributed by atoms with Crippen LogP contribution >= 0.6 is 0 Å². The van der Waals surface area contributed by atoms with Crippen LogP contribution in [0.4, 0.5) is 0 Å². The molecule has 0 bridgehead atoms. The predicted molar refractivity (Wildman–Crippen MR) is 52.0 cm³/mol. The SMILES string of the molecule is O=C(NC1CCOC1)C1CNCCN1. The van der Waals surface area contributed by atoms with Crippen LogP contribution in [0.1, 0.15) is 6.42 Å². The Bertz CT molecular complexity index is 198. The summed E-state index contributed by atoms with van der Waals surface area (Å²) in [5.41, 5.74) is 0. The number of hydrogen-bond acceptors (Lipinski definition) is 4. The summed E-state index contributed by atoms with van der Waals surface area (Å²) in [5, 5.41) is 9.35. The highest BCUT2D eigenvalue weighted by atomic mass is 16.5. The molecule has 0 spiro atoms. The van der Waals surface area contributed by atoms with Gasteiger partial charge in [-0.25, -0.2) is 0 Å². The predicted octanol–water partition coefficient (Wildman–Crippen LogP) is -1.55. The van der Waals surface area contributed by atoms with Gasteiger partial charge in [-0.15, -0.1) is 0 Å². The van der Waals surface area contributed by atoms with Gasteiger partial charge in [0.15, 0.2) is 0 Å². The normalized spacial score (nSPS) is 32.9. The maximum atomic E-state index is 11.7. The average molecular weight is 199 g/mol. The maximum absolute atomic E-state index is 11.7. The van der Waals surface area contributed by atoms with Crippen molar-refractivity contribution in [2.75, 3.05) is 32.8 Å². The quantitative estimate of drug-likeness (QED) is 0.504. The van der Waals surface area contributed by atoms with Gasteiger partial charge in [0.1, 0.15) is 0 Å². The van der Waals surface area contributed by atoms with Gasteiger partial charge < -0.3 is 20.7 Å². The monoisotopic (exact) mass is 199 g/mol. The van der Waals surface area contributed by atoms with Crippen molar-refractivity contribution in [1.82, 2.24) is 16.0 Å². The maximum Gasteiger partial charge on any atom is 0.238 e. The highest BCUT2D eigenvalue weighted by Crippen LogP contribution is 2.03. The number of rotatable bonds is 2. The molecule has 2 unspecified atom stereocenters. The molecule has 2 aliphatic heterocycles. The van der Waals surface area contributed by atoms with E-state index in [1.807, 2.05) is 0 Å². The first kappa shape index (κ1) is 9.89. The number of carbonyl (C=O) groups excluding carboxylic acids is 1. The molecule has 1 amide bonds. The van der Waals surface area contributed by atoms with E-state index in [1.54, 1.807) is 0 Å². The lowest BCUT2D eigenvalue weighted by atomic mass is 10.2. The van der Waals surface area contributed by atoms with Gasteiger partial charge in [-0.2, -0.15) is 0 Å². The van der Waals surface area contributed by atoms with E-state index in [9.17, 15) is 4.79 Å². The molecule has 2 aliphatic rings. The van der Waals surface area contributed by atoms with E-state index in [1.165, 1.54) is 0 Å². The van der Waals surface area contributed by atoms with Gasteiger partial charge >= 0.3 is 0 Å². The Hall–Kier alpha value is -0.650. The zero-order valence-corrected chi connectivity index (χ0v) is 8.21. The van der Waals surface area contributed by atoms with E-state index in [0.29, 0.717) is 6.61 Å². The number of hydrogen-bond donors (Lipinski definition) is 3. The Kier molecular flexibility index (Phi) is 3.34. The lowest BCUT2D eigenvalue weighted by molar-refractivity contribution is -0.124. The zero-order chi connectivity index (χ0) is 9.80. The summed E-state index contributed by atoms with van der Waals surface area (Å²) in [4.78, 5) is 11.7. The topological polar surface area (TPSA) is 62.4 Å². The fourth-order valence-corrected chi connectivity index (χ4v) is 1.79. The smallest absolute Gasteiger partial charge is 0.238 e. The third kappa shape index (κ3) is 2.43. The Balaban J connectivity index is 1.75. The summed E-state index contributed by atoms with van der Waals surface area (Å²) in [6, 6.07) is 0.135. The Morgan fingerprint density at radius 1 is 1.43 bits per heavy atom. The van der Waals surface area contributed by atoms with Crippen LogP contribution in [0.5, 0.6) is 0 Å². The van der Waals surface area contributed by atoms with Crippen molar-refractivity contribution in [3.05, 3.63) is 0 Å². The third-order valence-corrected chi connectivity index (χ3v) is 2.63. The van der Waals surface area contributed by atoms with E-state index in [-0.39, 0.29) is 18.0 Å². The molecule has 0 radical (unpaired) electrons. The van der Waals surface area contributed by atoms with E-state index >= 15 is 0 Å². The van der Waals surface area contributed by atoms with Gasteiger partial charge in [0.2, 0.25) is 5.91 Å². The summed E-state index contributed by atoms with van der Waals surface area (Å²) in [5.74, 6) is 0.0905. The van der Waals surface area contributed by atoms with Crippen LogP contribution in [-0.4, -0.2) is 50.8 Å². The fraction of sp³-hybridized carbons (Fsp3) is 0.889. The molecule has 2 fully saturated rings. The first-order valence-corrected chi connectivity index (χ1v) is 5.18. The van der Waals surface area contributed by atoms with Gasteiger partial charge in [-0.05, 0) is 6.42 Å². The van der Waals surface area contributed by atoms with Gasteiger partial charge in [0.25, 0.3) is 0 Å². The van der Waals surface area contributed by atoms with E-state index in [4.69, 9.17) is 4.74 Å². The molecule has 5 nitrogen and oxygen atoms in total.